The molecule has 16 heteroatoms. The first kappa shape index (κ1) is 39.7. The average Bonchev–Trinajstić information content (AvgIpc) is 3.76. The third kappa shape index (κ3) is 8.26. The average molecular weight is 819 g/mol. The third-order valence-electron chi connectivity index (χ3n) is 11.0. The normalized spacial score (nSPS) is 18.1. The van der Waals surface area contributed by atoms with Crippen LogP contribution in [-0.4, -0.2) is 84.0 Å². The van der Waals surface area contributed by atoms with Crippen molar-refractivity contribution in [2.45, 2.75) is 81.2 Å². The highest BCUT2D eigenvalue weighted by atomic mass is 32.2. The smallest absolute Gasteiger partial charge is 0.265 e. The highest BCUT2D eigenvalue weighted by Gasteiger charge is 2.46. The Morgan fingerprint density at radius 3 is 2.46 bits per heavy atom. The zero-order valence-electron chi connectivity index (χ0n) is 32.3. The van der Waals surface area contributed by atoms with Crippen LogP contribution in [0, 0.1) is 5.82 Å². The number of carbonyl (C=O) groups excluding carboxylic acids is 5. The van der Waals surface area contributed by atoms with Crippen LogP contribution in [0.15, 0.2) is 78.0 Å². The number of ether oxygens (including phenoxy) is 1. The van der Waals surface area contributed by atoms with Gasteiger partial charge in [0.1, 0.15) is 41.2 Å². The Morgan fingerprint density at radius 2 is 1.66 bits per heavy atom. The number of hydrogen-bond acceptors (Lipinski definition) is 11. The van der Waals surface area contributed by atoms with E-state index in [4.69, 9.17) is 15.6 Å². The number of para-hydroxylation sites is 1. The number of carbonyl (C=O) groups is 5. The first-order valence-corrected chi connectivity index (χ1v) is 20.9. The predicted molar refractivity (Wildman–Crippen MR) is 218 cm³/mol. The molecule has 0 saturated carbocycles. The number of nitrogen functional groups attached to an aromatic ring is 1. The minimum Gasteiger partial charge on any atom is -0.457 e. The maximum absolute atomic E-state index is 15.5. The van der Waals surface area contributed by atoms with E-state index in [1.165, 1.54) is 30.2 Å². The molecule has 14 nitrogen and oxygen atoms in total. The number of nitrogens with zero attached hydrogens (tertiary/aromatic N) is 6. The van der Waals surface area contributed by atoms with Crippen LogP contribution < -0.4 is 15.8 Å². The van der Waals surface area contributed by atoms with Crippen LogP contribution in [0.1, 0.15) is 91.0 Å². The Hall–Kier alpha value is -6.16. The van der Waals surface area contributed by atoms with E-state index in [1.54, 1.807) is 0 Å². The number of fused-ring (bicyclic) bond motifs is 2. The number of thioether (sulfide) groups is 1. The molecule has 0 spiro atoms. The molecule has 2 saturated heterocycles. The Kier molecular flexibility index (Phi) is 11.7. The van der Waals surface area contributed by atoms with Gasteiger partial charge in [0.15, 0.2) is 5.65 Å². The second kappa shape index (κ2) is 17.4. The molecular formula is C43H43FN8O6S. The molecule has 2 atom stereocenters. The van der Waals surface area contributed by atoms with Crippen molar-refractivity contribution in [3.63, 3.8) is 0 Å². The van der Waals surface area contributed by atoms with Gasteiger partial charge in [0.25, 0.3) is 11.8 Å². The lowest BCUT2D eigenvalue weighted by atomic mass is 10.0. The summed E-state index contributed by atoms with van der Waals surface area (Å²) in [5, 5.41) is 7.83. The number of aromatic nitrogens is 4. The Balaban J connectivity index is 0.800. The van der Waals surface area contributed by atoms with E-state index in [0.29, 0.717) is 53.6 Å². The molecular weight excluding hydrogens is 776 g/mol. The molecule has 2 aromatic heterocycles. The molecule has 8 rings (SSSR count). The minimum absolute atomic E-state index is 0.00728. The maximum atomic E-state index is 15.5. The van der Waals surface area contributed by atoms with Gasteiger partial charge in [-0.15, -0.1) is 11.8 Å². The topological polar surface area (TPSA) is 183 Å². The quantitative estimate of drug-likeness (QED) is 0.0691. The standard InChI is InChI=1S/C43H43FN8O6S/c44-37-32(20-18-30-35(37)43(57)51(42(30)56)31-19-21-33(53)48-41(31)55)59-23-8-3-1-2-7-13-34(54)50-22-9-10-27(24-50)52-40-36(39(45)46-25-47-40)38(49-52)26-14-16-29(17-15-26)58-28-11-5-4-6-12-28/h4-6,11-12,14-18,20,25,27,31H,1-3,7-10,13,19,21-24H2,(H2,45,46,47)(H,48,53,55). The molecule has 59 heavy (non-hydrogen) atoms. The fourth-order valence-corrected chi connectivity index (χ4v) is 8.96. The Bertz CT molecular complexity index is 2430. The van der Waals surface area contributed by atoms with Gasteiger partial charge in [-0.2, -0.15) is 5.10 Å². The summed E-state index contributed by atoms with van der Waals surface area (Å²) < 4.78 is 23.4. The molecule has 5 heterocycles. The molecule has 3 aromatic carbocycles. The molecule has 3 aliphatic rings. The summed E-state index contributed by atoms with van der Waals surface area (Å²) in [7, 11) is 0. The van der Waals surface area contributed by atoms with E-state index in [-0.39, 0.29) is 40.8 Å². The van der Waals surface area contributed by atoms with Gasteiger partial charge in [-0.3, -0.25) is 34.2 Å². The highest BCUT2D eigenvalue weighted by molar-refractivity contribution is 7.99. The van der Waals surface area contributed by atoms with Gasteiger partial charge in [-0.1, -0.05) is 37.5 Å². The second-order valence-corrected chi connectivity index (χ2v) is 16.1. The van der Waals surface area contributed by atoms with Gasteiger partial charge >= 0.3 is 0 Å². The number of nitrogens with two attached hydrogens (primary N) is 1. The number of unbranched alkanes of at least 4 members (excludes halogenated alkanes) is 4. The lowest BCUT2D eigenvalue weighted by Gasteiger charge is -2.33. The van der Waals surface area contributed by atoms with Gasteiger partial charge in [-0.25, -0.2) is 19.0 Å². The number of amides is 5. The largest absolute Gasteiger partial charge is 0.457 e. The number of imide groups is 2. The highest BCUT2D eigenvalue weighted by Crippen LogP contribution is 2.36. The molecule has 0 bridgehead atoms. The van der Waals surface area contributed by atoms with Crippen molar-refractivity contribution in [2.24, 2.45) is 0 Å². The van der Waals surface area contributed by atoms with Crippen molar-refractivity contribution in [3.05, 3.63) is 90.0 Å². The zero-order valence-corrected chi connectivity index (χ0v) is 33.1. The molecule has 2 unspecified atom stereocenters. The Labute approximate surface area is 343 Å². The molecule has 3 N–H and O–H groups in total. The number of rotatable bonds is 14. The number of hydrogen-bond donors (Lipinski definition) is 2. The van der Waals surface area contributed by atoms with E-state index in [1.807, 2.05) is 64.2 Å². The first-order chi connectivity index (χ1) is 28.7. The summed E-state index contributed by atoms with van der Waals surface area (Å²) in [5.74, 6) is -1.06. The van der Waals surface area contributed by atoms with Gasteiger partial charge in [0.05, 0.1) is 22.6 Å². The van der Waals surface area contributed by atoms with Crippen molar-refractivity contribution < 1.29 is 33.1 Å². The van der Waals surface area contributed by atoms with Crippen molar-refractivity contribution in [1.82, 2.24) is 34.9 Å². The van der Waals surface area contributed by atoms with Gasteiger partial charge in [0.2, 0.25) is 17.7 Å². The summed E-state index contributed by atoms with van der Waals surface area (Å²) >= 11 is 1.27. The summed E-state index contributed by atoms with van der Waals surface area (Å²) in [6.07, 6.45) is 7.82. The van der Waals surface area contributed by atoms with E-state index in [0.717, 1.165) is 61.2 Å². The Morgan fingerprint density at radius 1 is 0.898 bits per heavy atom. The SMILES string of the molecule is Nc1ncnc2c1c(-c1ccc(Oc3ccccc3)cc1)nn2C1CCCN(C(=O)CCCCCCCSc2ccc3c(c2F)C(=O)N(C2CCC(=O)NC2=O)C3=O)C1. The summed E-state index contributed by atoms with van der Waals surface area (Å²) in [6.45, 7) is 1.21. The van der Waals surface area contributed by atoms with Crippen LogP contribution in [0.3, 0.4) is 0 Å². The number of anilines is 1. The molecule has 0 aliphatic carbocycles. The fourth-order valence-electron chi connectivity index (χ4n) is 8.00. The van der Waals surface area contributed by atoms with Gasteiger partial charge in [0, 0.05) is 36.4 Å². The summed E-state index contributed by atoms with van der Waals surface area (Å²) in [4.78, 5) is 75.1. The maximum Gasteiger partial charge on any atom is 0.265 e. The fraction of sp³-hybridized carbons (Fsp3) is 0.349. The summed E-state index contributed by atoms with van der Waals surface area (Å²) in [5.41, 5.74) is 8.15. The van der Waals surface area contributed by atoms with Gasteiger partial charge in [-0.05, 0) is 86.4 Å². The molecule has 5 aromatic rings. The van der Waals surface area contributed by atoms with E-state index in [9.17, 15) is 24.0 Å². The van der Waals surface area contributed by atoms with E-state index < -0.39 is 35.5 Å². The number of piperidine rings is 2. The zero-order chi connectivity index (χ0) is 41.0. The second-order valence-electron chi connectivity index (χ2n) is 14.9. The van der Waals surface area contributed by atoms with Crippen molar-refractivity contribution in [1.29, 1.82) is 0 Å². The number of likely N-dealkylation sites (tertiary alicyclic amines) is 1. The van der Waals surface area contributed by atoms with Crippen LogP contribution in [0.5, 0.6) is 11.5 Å². The van der Waals surface area contributed by atoms with Gasteiger partial charge < -0.3 is 15.4 Å². The van der Waals surface area contributed by atoms with Crippen LogP contribution in [0.2, 0.25) is 0 Å². The van der Waals surface area contributed by atoms with E-state index >= 15 is 4.39 Å². The molecule has 304 valence electrons. The molecule has 3 aliphatic heterocycles. The first-order valence-electron chi connectivity index (χ1n) is 19.9. The third-order valence-corrected chi connectivity index (χ3v) is 12.1. The molecule has 2 fully saturated rings. The number of nitrogens with one attached hydrogen (secondary N) is 1. The predicted octanol–water partition coefficient (Wildman–Crippen LogP) is 6.70. The minimum atomic E-state index is -1.15. The van der Waals surface area contributed by atoms with Crippen LogP contribution in [0.25, 0.3) is 22.3 Å². The lowest BCUT2D eigenvalue weighted by molar-refractivity contribution is -0.136. The number of halogens is 1. The van der Waals surface area contributed by atoms with Crippen molar-refractivity contribution in [2.75, 3.05) is 24.6 Å². The van der Waals surface area contributed by atoms with E-state index in [2.05, 4.69) is 15.3 Å². The molecule has 0 radical (unpaired) electrons. The van der Waals surface area contributed by atoms with Crippen LogP contribution in [0.4, 0.5) is 10.2 Å². The monoisotopic (exact) mass is 818 g/mol. The molecule has 5 amide bonds. The summed E-state index contributed by atoms with van der Waals surface area (Å²) in [6, 6.07) is 18.9. The lowest BCUT2D eigenvalue weighted by Crippen LogP contribution is -2.54. The van der Waals surface area contributed by atoms with Crippen molar-refractivity contribution >= 4 is 58.1 Å². The van der Waals surface area contributed by atoms with Crippen LogP contribution >= 0.6 is 11.8 Å². The number of benzene rings is 3. The van der Waals surface area contributed by atoms with Crippen molar-refractivity contribution in [3.8, 4) is 22.8 Å². The van der Waals surface area contributed by atoms with Crippen LogP contribution in [-0.2, 0) is 14.4 Å².